The SMILES string of the molecule is COC(=O)Nc1ccc(S(=O)(=O)NC2CCC(Oc3cncc(OC)n3)CC2)cc1. The van der Waals surface area contributed by atoms with E-state index < -0.39 is 16.1 Å². The third-order valence-electron chi connectivity index (χ3n) is 4.68. The lowest BCUT2D eigenvalue weighted by molar-refractivity contribution is 0.136. The van der Waals surface area contributed by atoms with Gasteiger partial charge < -0.3 is 14.2 Å². The summed E-state index contributed by atoms with van der Waals surface area (Å²) in [6.45, 7) is 0. The van der Waals surface area contributed by atoms with Crippen molar-refractivity contribution in [3.8, 4) is 11.8 Å². The highest BCUT2D eigenvalue weighted by atomic mass is 32.2. The fraction of sp³-hybridized carbons (Fsp3) is 0.421. The highest BCUT2D eigenvalue weighted by Gasteiger charge is 2.27. The van der Waals surface area contributed by atoms with Crippen molar-refractivity contribution in [2.45, 2.75) is 42.7 Å². The number of aromatic nitrogens is 2. The first kappa shape index (κ1) is 21.8. The molecule has 3 rings (SSSR count). The molecule has 2 aromatic rings. The Morgan fingerprint density at radius 1 is 1.03 bits per heavy atom. The van der Waals surface area contributed by atoms with Gasteiger partial charge in [-0.25, -0.2) is 17.9 Å². The summed E-state index contributed by atoms with van der Waals surface area (Å²) in [7, 11) is -0.910. The first-order chi connectivity index (χ1) is 14.4. The summed E-state index contributed by atoms with van der Waals surface area (Å²) >= 11 is 0. The largest absolute Gasteiger partial charge is 0.480 e. The molecule has 162 valence electrons. The summed E-state index contributed by atoms with van der Waals surface area (Å²) in [4.78, 5) is 19.5. The molecule has 0 saturated heterocycles. The minimum absolute atomic E-state index is 0.0594. The van der Waals surface area contributed by atoms with Crippen LogP contribution in [-0.4, -0.2) is 50.8 Å². The van der Waals surface area contributed by atoms with E-state index in [1.165, 1.54) is 50.9 Å². The predicted octanol–water partition coefficient (Wildman–Crippen LogP) is 2.33. The van der Waals surface area contributed by atoms with Crippen LogP contribution in [0.5, 0.6) is 11.8 Å². The van der Waals surface area contributed by atoms with Gasteiger partial charge in [0.05, 0.1) is 31.5 Å². The monoisotopic (exact) mass is 436 g/mol. The van der Waals surface area contributed by atoms with E-state index in [0.29, 0.717) is 43.1 Å². The Morgan fingerprint density at radius 3 is 2.33 bits per heavy atom. The van der Waals surface area contributed by atoms with Crippen molar-refractivity contribution in [3.63, 3.8) is 0 Å². The first-order valence-electron chi connectivity index (χ1n) is 9.39. The van der Waals surface area contributed by atoms with E-state index in [-0.39, 0.29) is 17.0 Å². The van der Waals surface area contributed by atoms with Crippen LogP contribution in [0.25, 0.3) is 0 Å². The lowest BCUT2D eigenvalue weighted by atomic mass is 9.94. The number of carbonyl (C=O) groups is 1. The molecule has 1 aromatic carbocycles. The minimum atomic E-state index is -3.67. The number of hydrogen-bond donors (Lipinski definition) is 2. The molecule has 1 heterocycles. The van der Waals surface area contributed by atoms with Crippen LogP contribution < -0.4 is 19.5 Å². The molecule has 0 aliphatic heterocycles. The number of methoxy groups -OCH3 is 2. The number of rotatable bonds is 7. The topological polar surface area (TPSA) is 129 Å². The van der Waals surface area contributed by atoms with Crippen LogP contribution in [0.2, 0.25) is 0 Å². The Kier molecular flexibility index (Phi) is 7.06. The van der Waals surface area contributed by atoms with Gasteiger partial charge in [0, 0.05) is 11.7 Å². The van der Waals surface area contributed by atoms with Crippen molar-refractivity contribution < 1.29 is 27.4 Å². The number of hydrogen-bond acceptors (Lipinski definition) is 8. The molecule has 1 aliphatic rings. The summed E-state index contributed by atoms with van der Waals surface area (Å²) in [5, 5.41) is 2.48. The zero-order valence-electron chi connectivity index (χ0n) is 16.7. The first-order valence-corrected chi connectivity index (χ1v) is 10.9. The van der Waals surface area contributed by atoms with Crippen molar-refractivity contribution in [1.29, 1.82) is 0 Å². The third kappa shape index (κ3) is 5.80. The number of carbonyl (C=O) groups excluding carboxylic acids is 1. The van der Waals surface area contributed by atoms with E-state index in [1.54, 1.807) is 0 Å². The smallest absolute Gasteiger partial charge is 0.411 e. The van der Waals surface area contributed by atoms with Crippen LogP contribution in [0.15, 0.2) is 41.6 Å². The second-order valence-electron chi connectivity index (χ2n) is 6.75. The molecule has 30 heavy (non-hydrogen) atoms. The second-order valence-corrected chi connectivity index (χ2v) is 8.47. The molecule has 1 fully saturated rings. The lowest BCUT2D eigenvalue weighted by Gasteiger charge is -2.29. The summed E-state index contributed by atoms with van der Waals surface area (Å²) in [5.41, 5.74) is 0.444. The molecule has 0 bridgehead atoms. The van der Waals surface area contributed by atoms with E-state index in [2.05, 4.69) is 24.7 Å². The molecular weight excluding hydrogens is 412 g/mol. The minimum Gasteiger partial charge on any atom is -0.480 e. The van der Waals surface area contributed by atoms with Gasteiger partial charge in [-0.05, 0) is 49.9 Å². The highest BCUT2D eigenvalue weighted by molar-refractivity contribution is 7.89. The number of ether oxygens (including phenoxy) is 3. The second kappa shape index (κ2) is 9.72. The van der Waals surface area contributed by atoms with Gasteiger partial charge in [-0.3, -0.25) is 10.3 Å². The van der Waals surface area contributed by atoms with E-state index in [1.807, 2.05) is 0 Å². The Labute approximate surface area is 175 Å². The molecule has 0 unspecified atom stereocenters. The molecule has 11 heteroatoms. The molecule has 1 amide bonds. The van der Waals surface area contributed by atoms with Crippen molar-refractivity contribution >= 4 is 21.8 Å². The number of sulfonamides is 1. The molecular formula is C19H24N4O6S. The predicted molar refractivity (Wildman–Crippen MR) is 108 cm³/mol. The molecule has 0 radical (unpaired) electrons. The summed E-state index contributed by atoms with van der Waals surface area (Å²) in [6, 6.07) is 5.70. The quantitative estimate of drug-likeness (QED) is 0.677. The zero-order chi connectivity index (χ0) is 21.6. The number of anilines is 1. The Morgan fingerprint density at radius 2 is 1.70 bits per heavy atom. The average molecular weight is 436 g/mol. The third-order valence-corrected chi connectivity index (χ3v) is 6.22. The van der Waals surface area contributed by atoms with Crippen LogP contribution >= 0.6 is 0 Å². The van der Waals surface area contributed by atoms with Crippen LogP contribution in [0.3, 0.4) is 0 Å². The zero-order valence-corrected chi connectivity index (χ0v) is 17.5. The van der Waals surface area contributed by atoms with Gasteiger partial charge in [0.25, 0.3) is 0 Å². The van der Waals surface area contributed by atoms with Gasteiger partial charge in [-0.2, -0.15) is 4.98 Å². The molecule has 10 nitrogen and oxygen atoms in total. The Bertz CT molecular complexity index is 959. The van der Waals surface area contributed by atoms with Gasteiger partial charge >= 0.3 is 6.09 Å². The van der Waals surface area contributed by atoms with Gasteiger partial charge in [0.1, 0.15) is 6.10 Å². The van der Waals surface area contributed by atoms with Gasteiger partial charge in [-0.15, -0.1) is 0 Å². The molecule has 1 aromatic heterocycles. The normalized spacial score (nSPS) is 19.0. The van der Waals surface area contributed by atoms with Crippen molar-refractivity contribution in [2.75, 3.05) is 19.5 Å². The van der Waals surface area contributed by atoms with E-state index in [9.17, 15) is 13.2 Å². The fourth-order valence-electron chi connectivity index (χ4n) is 3.13. The Balaban J connectivity index is 1.52. The number of amides is 1. The molecule has 2 N–H and O–H groups in total. The molecule has 1 aliphatic carbocycles. The van der Waals surface area contributed by atoms with Crippen molar-refractivity contribution in [3.05, 3.63) is 36.7 Å². The van der Waals surface area contributed by atoms with Crippen LogP contribution in [0.4, 0.5) is 10.5 Å². The fourth-order valence-corrected chi connectivity index (χ4v) is 4.43. The van der Waals surface area contributed by atoms with Gasteiger partial charge in [0.2, 0.25) is 21.8 Å². The van der Waals surface area contributed by atoms with Crippen molar-refractivity contribution in [2.24, 2.45) is 0 Å². The van der Waals surface area contributed by atoms with Crippen LogP contribution in [-0.2, 0) is 14.8 Å². The average Bonchev–Trinajstić information content (AvgIpc) is 2.75. The van der Waals surface area contributed by atoms with E-state index in [0.717, 1.165) is 0 Å². The maximum Gasteiger partial charge on any atom is 0.411 e. The van der Waals surface area contributed by atoms with E-state index >= 15 is 0 Å². The van der Waals surface area contributed by atoms with Gasteiger partial charge in [-0.1, -0.05) is 0 Å². The van der Waals surface area contributed by atoms with Gasteiger partial charge in [0.15, 0.2) is 0 Å². The number of nitrogens with one attached hydrogen (secondary N) is 2. The van der Waals surface area contributed by atoms with Crippen LogP contribution in [0, 0.1) is 0 Å². The lowest BCUT2D eigenvalue weighted by Crippen LogP contribution is -2.39. The number of benzene rings is 1. The maximum absolute atomic E-state index is 12.6. The molecule has 1 saturated carbocycles. The Hall–Kier alpha value is -2.92. The summed E-state index contributed by atoms with van der Waals surface area (Å²) < 4.78 is 43.4. The standard InChI is InChI=1S/C19H24N4O6S/c1-27-17-11-20-12-18(22-17)29-15-7-3-14(4-8-15)23-30(25,26)16-9-5-13(6-10-16)21-19(24)28-2/h5-6,9-12,14-15,23H,3-4,7-8H2,1-2H3,(H,21,24). The number of nitrogens with zero attached hydrogens (tertiary/aromatic N) is 2. The molecule has 0 spiro atoms. The van der Waals surface area contributed by atoms with E-state index in [4.69, 9.17) is 9.47 Å². The highest BCUT2D eigenvalue weighted by Crippen LogP contribution is 2.25. The van der Waals surface area contributed by atoms with Crippen LogP contribution in [0.1, 0.15) is 25.7 Å². The molecule has 0 atom stereocenters. The maximum atomic E-state index is 12.6. The van der Waals surface area contributed by atoms with Crippen molar-refractivity contribution in [1.82, 2.24) is 14.7 Å². The summed E-state index contributed by atoms with van der Waals surface area (Å²) in [5.74, 6) is 0.765. The summed E-state index contributed by atoms with van der Waals surface area (Å²) in [6.07, 6.45) is 5.00.